The summed E-state index contributed by atoms with van der Waals surface area (Å²) >= 11 is 0. The lowest BCUT2D eigenvalue weighted by molar-refractivity contribution is -0.777. The number of carbonyl (C=O) groups is 3. The lowest BCUT2D eigenvalue weighted by atomic mass is 9.89. The van der Waals surface area contributed by atoms with E-state index < -0.39 is 29.4 Å². The van der Waals surface area contributed by atoms with Crippen molar-refractivity contribution in [2.75, 3.05) is 69.2 Å². The van der Waals surface area contributed by atoms with Crippen molar-refractivity contribution >= 4 is 40.4 Å². The van der Waals surface area contributed by atoms with E-state index in [9.17, 15) is 14.4 Å². The fourth-order valence-corrected chi connectivity index (χ4v) is 10.6. The van der Waals surface area contributed by atoms with Crippen molar-refractivity contribution in [2.24, 2.45) is 13.0 Å². The number of carbonyl (C=O) groups excluding carboxylic acids is 3. The molecule has 0 unspecified atom stereocenters. The summed E-state index contributed by atoms with van der Waals surface area (Å²) in [6, 6.07) is 15.6. The molecule has 3 aromatic heterocycles. The molecule has 5 aromatic rings. The van der Waals surface area contributed by atoms with E-state index in [1.54, 1.807) is 10.9 Å². The van der Waals surface area contributed by atoms with Crippen molar-refractivity contribution in [3.05, 3.63) is 88.7 Å². The normalized spacial score (nSPS) is 22.4. The van der Waals surface area contributed by atoms with Gasteiger partial charge in [0.15, 0.2) is 18.9 Å². The molecule has 5 aliphatic heterocycles. The van der Waals surface area contributed by atoms with Crippen molar-refractivity contribution in [1.29, 1.82) is 0 Å². The molecule has 0 saturated carbocycles. The summed E-state index contributed by atoms with van der Waals surface area (Å²) in [5.41, 5.74) is 6.02. The second-order valence-electron chi connectivity index (χ2n) is 18.8. The summed E-state index contributed by atoms with van der Waals surface area (Å²) in [5, 5.41) is 5.36. The van der Waals surface area contributed by atoms with Gasteiger partial charge in [0, 0.05) is 104 Å². The van der Waals surface area contributed by atoms with Crippen LogP contribution in [-0.2, 0) is 29.7 Å². The number of imidazole rings is 1. The Morgan fingerprint density at radius 1 is 0.831 bits per heavy atom. The Hall–Kier alpha value is -5.78. The Bertz CT molecular complexity index is 2600. The maximum Gasteiger partial charge on any atom is 0.258 e. The van der Waals surface area contributed by atoms with Crippen LogP contribution in [0.2, 0.25) is 0 Å². The third kappa shape index (κ3) is 8.85. The first-order valence-electron chi connectivity index (χ1n) is 23.2. The predicted molar refractivity (Wildman–Crippen MR) is 240 cm³/mol. The molecule has 4 fully saturated rings. The molecule has 2 aromatic carbocycles. The van der Waals surface area contributed by atoms with Gasteiger partial charge >= 0.3 is 0 Å². The van der Waals surface area contributed by atoms with Gasteiger partial charge in [-0.2, -0.15) is 0 Å². The minimum absolute atomic E-state index is 0.0672. The van der Waals surface area contributed by atoms with Crippen molar-refractivity contribution in [1.82, 2.24) is 39.4 Å². The first-order valence-corrected chi connectivity index (χ1v) is 23.2. The summed E-state index contributed by atoms with van der Waals surface area (Å²) in [7, 11) is 1.93. The minimum Gasteiger partial charge on any atom is -0.368 e. The zero-order valence-electron chi connectivity index (χ0n) is 37.4. The van der Waals surface area contributed by atoms with E-state index in [1.807, 2.05) is 41.9 Å². The molecule has 2 N–H and O–H groups in total. The number of fused-ring (bicyclic) bond motifs is 7. The van der Waals surface area contributed by atoms with Crippen LogP contribution in [0.3, 0.4) is 0 Å². The number of rotatable bonds is 6. The number of halogens is 2. The maximum absolute atomic E-state index is 15.2. The van der Waals surface area contributed by atoms with Crippen LogP contribution in [0.15, 0.2) is 54.7 Å². The first-order chi connectivity index (χ1) is 31.4. The fraction of sp³-hybridized carbons (Fsp3) is 0.500. The zero-order valence-corrected chi connectivity index (χ0v) is 37.4. The second kappa shape index (κ2) is 17.9. The van der Waals surface area contributed by atoms with E-state index in [0.717, 1.165) is 93.9 Å². The fourth-order valence-electron chi connectivity index (χ4n) is 10.6. The monoisotopic (exact) mass is 890 g/mol. The summed E-state index contributed by atoms with van der Waals surface area (Å²) in [6.07, 6.45) is 6.13. The Morgan fingerprint density at radius 3 is 2.31 bits per heavy atom. The van der Waals surface area contributed by atoms with Crippen LogP contribution in [-0.4, -0.2) is 123 Å². The van der Waals surface area contributed by atoms with Gasteiger partial charge in [-0.15, -0.1) is 0 Å². The highest BCUT2D eigenvalue weighted by atomic mass is 19.1. The van der Waals surface area contributed by atoms with Gasteiger partial charge in [0.25, 0.3) is 5.91 Å². The molecule has 10 rings (SSSR count). The van der Waals surface area contributed by atoms with Gasteiger partial charge in [-0.1, -0.05) is 17.7 Å². The number of benzene rings is 2. The van der Waals surface area contributed by atoms with Gasteiger partial charge in [0.2, 0.25) is 17.8 Å². The molecule has 15 nitrogen and oxygen atoms in total. The van der Waals surface area contributed by atoms with E-state index in [1.165, 1.54) is 17.7 Å². The van der Waals surface area contributed by atoms with Gasteiger partial charge in [-0.05, 0) is 100.0 Å². The number of aromatic nitrogens is 5. The average molecular weight is 891 g/mol. The largest absolute Gasteiger partial charge is 0.368 e. The SMILES string of the molecule is Cc1cc2cc(n1)-c1cc[n+](C)n1OCCC[C@@H](C)Cn1c(nc3ccc(CN4CCC(N5CCN(C6CN(c7cc(F)c([C@H]8CCC(=O)NC8=O)c(F)c7)C6)CC5)CC4)cc31)NC2=O. The molecule has 5 aliphatic rings. The van der Waals surface area contributed by atoms with Crippen molar-refractivity contribution < 1.29 is 32.7 Å². The van der Waals surface area contributed by atoms with Crippen LogP contribution in [0, 0.1) is 24.5 Å². The highest BCUT2D eigenvalue weighted by Crippen LogP contribution is 2.35. The molecule has 2 bridgehead atoms. The summed E-state index contributed by atoms with van der Waals surface area (Å²) in [4.78, 5) is 65.1. The molecular weight excluding hydrogens is 833 g/mol. The average Bonchev–Trinajstić information content (AvgIpc) is 3.80. The number of imide groups is 1. The van der Waals surface area contributed by atoms with E-state index in [2.05, 4.69) is 55.0 Å². The second-order valence-corrected chi connectivity index (χ2v) is 18.8. The number of aryl methyl sites for hydroxylation is 2. The minimum atomic E-state index is -0.996. The Labute approximate surface area is 377 Å². The van der Waals surface area contributed by atoms with Gasteiger partial charge in [-0.3, -0.25) is 44.7 Å². The standard InChI is InChI=1S/C48H57F2N11O4/c1-30-5-4-20-65-61-42(12-13-55(61)3)41-23-33(21-31(2)51-41)46(63)54-48-52-40-8-6-32(22-43(40)60(48)26-30)27-56-14-10-34(11-15-56)57-16-18-58(19-17-57)36-28-59(29-36)35-24-38(49)45(39(50)25-35)37-7-9-44(62)53-47(37)64/h6,8,12-13,21-25,30,34,36-37H,4-5,7,9-11,14-20,26-29H2,1-3H3,(H-,52,53,54,62,63,64)/p+1/t30-,37-/m1/s1. The molecule has 0 aliphatic carbocycles. The third-order valence-electron chi connectivity index (χ3n) is 14.2. The molecule has 2 atom stereocenters. The maximum atomic E-state index is 15.2. The quantitative estimate of drug-likeness (QED) is 0.187. The number of piperazine rings is 1. The number of hydrogen-bond acceptors (Lipinski definition) is 10. The van der Waals surface area contributed by atoms with Crippen LogP contribution >= 0.6 is 0 Å². The van der Waals surface area contributed by atoms with Crippen molar-refractivity contribution in [3.8, 4) is 11.4 Å². The predicted octanol–water partition coefficient (Wildman–Crippen LogP) is 4.41. The van der Waals surface area contributed by atoms with Gasteiger partial charge in [0.05, 0.1) is 22.6 Å². The van der Waals surface area contributed by atoms with Gasteiger partial charge in [-0.25, -0.2) is 13.8 Å². The van der Waals surface area contributed by atoms with Gasteiger partial charge in [0.1, 0.15) is 18.2 Å². The molecule has 8 heterocycles. The van der Waals surface area contributed by atoms with E-state index in [0.29, 0.717) is 67.1 Å². The Morgan fingerprint density at radius 2 is 1.57 bits per heavy atom. The zero-order chi connectivity index (χ0) is 44.9. The van der Waals surface area contributed by atoms with Crippen LogP contribution in [0.1, 0.15) is 78.5 Å². The van der Waals surface area contributed by atoms with Crippen LogP contribution in [0.4, 0.5) is 20.4 Å². The number of amides is 3. The lowest BCUT2D eigenvalue weighted by Crippen LogP contribution is -2.64. The molecule has 17 heteroatoms. The molecule has 3 amide bonds. The molecule has 0 radical (unpaired) electrons. The number of anilines is 2. The lowest BCUT2D eigenvalue weighted by Gasteiger charge is -2.50. The smallest absolute Gasteiger partial charge is 0.258 e. The van der Waals surface area contributed by atoms with Crippen molar-refractivity contribution in [3.63, 3.8) is 0 Å². The number of pyridine rings is 1. The Kier molecular flexibility index (Phi) is 11.9. The summed E-state index contributed by atoms with van der Waals surface area (Å²) in [6.45, 7) is 13.6. The van der Waals surface area contributed by atoms with Crippen LogP contribution < -0.4 is 25.1 Å². The summed E-state index contributed by atoms with van der Waals surface area (Å²) < 4.78 is 34.5. The Balaban J connectivity index is 0.738. The molecule has 65 heavy (non-hydrogen) atoms. The number of likely N-dealkylation sites (tertiary alicyclic amines) is 1. The van der Waals surface area contributed by atoms with Gasteiger partial charge < -0.3 is 14.3 Å². The van der Waals surface area contributed by atoms with E-state index in [-0.39, 0.29) is 24.3 Å². The molecule has 342 valence electrons. The summed E-state index contributed by atoms with van der Waals surface area (Å²) in [5.74, 6) is -2.91. The van der Waals surface area contributed by atoms with Crippen molar-refractivity contribution in [2.45, 2.75) is 83.5 Å². The van der Waals surface area contributed by atoms with Crippen LogP contribution in [0.5, 0.6) is 0 Å². The first kappa shape index (κ1) is 43.1. The highest BCUT2D eigenvalue weighted by molar-refractivity contribution is 6.05. The topological polar surface area (TPSA) is 137 Å². The van der Waals surface area contributed by atoms with E-state index in [4.69, 9.17) is 14.8 Å². The number of nitrogens with zero attached hydrogens (tertiary/aromatic N) is 9. The number of piperidine rings is 2. The number of hydrogen-bond donors (Lipinski definition) is 2. The number of nitrogens with one attached hydrogen (secondary N) is 2. The molecule has 0 spiro atoms. The molecular formula is C48H58F2N11O4+. The van der Waals surface area contributed by atoms with E-state index >= 15 is 8.78 Å². The third-order valence-corrected chi connectivity index (χ3v) is 14.2. The van der Waals surface area contributed by atoms with Crippen LogP contribution in [0.25, 0.3) is 22.4 Å². The highest BCUT2D eigenvalue weighted by Gasteiger charge is 2.38. The molecule has 4 saturated heterocycles.